The number of furan rings is 1. The predicted molar refractivity (Wildman–Crippen MR) is 177 cm³/mol. The summed E-state index contributed by atoms with van der Waals surface area (Å²) in [6.07, 6.45) is 18.3. The Labute approximate surface area is 266 Å². The molecule has 1 N–H and O–H groups in total. The van der Waals surface area contributed by atoms with Crippen molar-refractivity contribution in [3.8, 4) is 11.5 Å². The highest BCUT2D eigenvalue weighted by atomic mass is 31.2. The second-order valence-electron chi connectivity index (χ2n) is 14.6. The van der Waals surface area contributed by atoms with Crippen molar-refractivity contribution < 1.29 is 32.1 Å². The minimum atomic E-state index is -3.09. The minimum absolute atomic E-state index is 0.00832. The summed E-state index contributed by atoms with van der Waals surface area (Å²) in [5.74, 6) is 1.40. The van der Waals surface area contributed by atoms with Crippen molar-refractivity contribution in [2.24, 2.45) is 23.2 Å². The van der Waals surface area contributed by atoms with E-state index in [4.69, 9.17) is 13.9 Å². The van der Waals surface area contributed by atoms with E-state index in [-0.39, 0.29) is 34.7 Å². The molecule has 1 heterocycles. The average molecular weight is 645 g/mol. The van der Waals surface area contributed by atoms with Crippen LogP contribution in [0, 0.1) is 34.8 Å². The maximum Gasteiger partial charge on any atom is 0.208 e. The number of halogens is 2. The Morgan fingerprint density at radius 3 is 1.80 bits per heavy atom. The van der Waals surface area contributed by atoms with Crippen molar-refractivity contribution in [2.45, 2.75) is 110 Å². The SMILES string of the molecule is CCCCCCCCCP(=O)(O)CCCCCOc1ccc2c(oc3c(F)c(OCC45CC6CC(CC(C6)C4)C5)ccc32)c1F. The van der Waals surface area contributed by atoms with Gasteiger partial charge in [0.05, 0.1) is 13.2 Å². The smallest absolute Gasteiger partial charge is 0.208 e. The Balaban J connectivity index is 0.982. The lowest BCUT2D eigenvalue weighted by Crippen LogP contribution is -2.48. The maximum absolute atomic E-state index is 15.6. The Morgan fingerprint density at radius 2 is 1.24 bits per heavy atom. The predicted octanol–water partition coefficient (Wildman–Crippen LogP) is 11.0. The molecular weight excluding hydrogens is 593 g/mol. The first kappa shape index (κ1) is 32.8. The molecule has 4 aliphatic rings. The number of rotatable bonds is 18. The summed E-state index contributed by atoms with van der Waals surface area (Å²) in [6.45, 7) is 3.01. The van der Waals surface area contributed by atoms with Crippen molar-refractivity contribution in [1.82, 2.24) is 0 Å². The molecule has 0 aliphatic heterocycles. The van der Waals surface area contributed by atoms with Gasteiger partial charge >= 0.3 is 0 Å². The highest BCUT2D eigenvalue weighted by Gasteiger charge is 2.51. The monoisotopic (exact) mass is 644 g/mol. The summed E-state index contributed by atoms with van der Waals surface area (Å²) in [5, 5.41) is 1.01. The molecule has 0 amide bonds. The van der Waals surface area contributed by atoms with Gasteiger partial charge in [-0.3, -0.25) is 4.57 Å². The summed E-state index contributed by atoms with van der Waals surface area (Å²) >= 11 is 0. The number of unbranched alkanes of at least 4 members (excludes halogenated alkanes) is 8. The molecule has 0 radical (unpaired) electrons. The molecule has 1 aromatic heterocycles. The zero-order valence-corrected chi connectivity index (χ0v) is 27.9. The molecule has 1 atom stereocenters. The van der Waals surface area contributed by atoms with Gasteiger partial charge in [0.15, 0.2) is 22.7 Å². The Hall–Kier alpha value is -2.11. The van der Waals surface area contributed by atoms with Crippen LogP contribution >= 0.6 is 7.37 Å². The van der Waals surface area contributed by atoms with Gasteiger partial charge in [0.25, 0.3) is 0 Å². The third kappa shape index (κ3) is 7.73. The first-order chi connectivity index (χ1) is 21.8. The summed E-state index contributed by atoms with van der Waals surface area (Å²) in [4.78, 5) is 10.3. The van der Waals surface area contributed by atoms with Crippen LogP contribution in [-0.4, -0.2) is 30.4 Å². The Morgan fingerprint density at radius 1 is 0.756 bits per heavy atom. The largest absolute Gasteiger partial charge is 0.490 e. The molecule has 45 heavy (non-hydrogen) atoms. The molecule has 7 rings (SSSR count). The number of hydrogen-bond donors (Lipinski definition) is 1. The molecule has 8 heteroatoms. The number of ether oxygens (including phenoxy) is 2. The fourth-order valence-electron chi connectivity index (χ4n) is 8.97. The topological polar surface area (TPSA) is 68.9 Å². The van der Waals surface area contributed by atoms with Crippen molar-refractivity contribution >= 4 is 29.3 Å². The fourth-order valence-corrected chi connectivity index (χ4v) is 10.6. The molecular formula is C37H51F2O5P. The lowest BCUT2D eigenvalue weighted by atomic mass is 9.50. The Kier molecular flexibility index (Phi) is 10.5. The highest BCUT2D eigenvalue weighted by molar-refractivity contribution is 7.57. The van der Waals surface area contributed by atoms with E-state index >= 15 is 8.78 Å². The summed E-state index contributed by atoms with van der Waals surface area (Å²) in [6, 6.07) is 6.68. The Bertz CT molecular complexity index is 1460. The van der Waals surface area contributed by atoms with E-state index in [2.05, 4.69) is 6.92 Å². The molecule has 5 nitrogen and oxygen atoms in total. The normalized spacial score (nSPS) is 25.3. The number of fused-ring (bicyclic) bond motifs is 3. The molecule has 4 saturated carbocycles. The van der Waals surface area contributed by atoms with Crippen LogP contribution in [0.3, 0.4) is 0 Å². The lowest BCUT2D eigenvalue weighted by Gasteiger charge is -2.56. The highest BCUT2D eigenvalue weighted by Crippen LogP contribution is 2.60. The summed E-state index contributed by atoms with van der Waals surface area (Å²) in [5.41, 5.74) is 0.146. The first-order valence-corrected chi connectivity index (χ1v) is 19.7. The fraction of sp³-hybridized carbons (Fsp3) is 0.676. The van der Waals surface area contributed by atoms with Gasteiger partial charge in [-0.2, -0.15) is 8.78 Å². The van der Waals surface area contributed by atoms with Gasteiger partial charge in [0.2, 0.25) is 19.0 Å². The van der Waals surface area contributed by atoms with E-state index in [0.29, 0.717) is 42.5 Å². The van der Waals surface area contributed by atoms with Crippen molar-refractivity contribution in [1.29, 1.82) is 0 Å². The first-order valence-electron chi connectivity index (χ1n) is 17.7. The van der Waals surface area contributed by atoms with Crippen LogP contribution in [0.4, 0.5) is 8.78 Å². The van der Waals surface area contributed by atoms with Crippen molar-refractivity contribution in [3.63, 3.8) is 0 Å². The molecule has 4 fully saturated rings. The van der Waals surface area contributed by atoms with Crippen LogP contribution in [0.15, 0.2) is 28.7 Å². The van der Waals surface area contributed by atoms with Crippen LogP contribution in [0.5, 0.6) is 11.5 Å². The van der Waals surface area contributed by atoms with Gasteiger partial charge in [0.1, 0.15) is 0 Å². The average Bonchev–Trinajstić information content (AvgIpc) is 3.39. The quantitative estimate of drug-likeness (QED) is 0.110. The number of hydrogen-bond acceptors (Lipinski definition) is 4. The summed E-state index contributed by atoms with van der Waals surface area (Å²) in [7, 11) is -3.09. The van der Waals surface area contributed by atoms with E-state index in [1.807, 2.05) is 0 Å². The van der Waals surface area contributed by atoms with Gasteiger partial charge in [-0.1, -0.05) is 45.4 Å². The van der Waals surface area contributed by atoms with E-state index in [9.17, 15) is 9.46 Å². The van der Waals surface area contributed by atoms with Crippen molar-refractivity contribution in [2.75, 3.05) is 25.5 Å². The zero-order chi connectivity index (χ0) is 31.4. The molecule has 4 aliphatic carbocycles. The molecule has 4 bridgehead atoms. The maximum atomic E-state index is 15.6. The van der Waals surface area contributed by atoms with E-state index in [1.165, 1.54) is 64.2 Å². The van der Waals surface area contributed by atoms with Gasteiger partial charge in [0, 0.05) is 28.5 Å². The lowest BCUT2D eigenvalue weighted by molar-refractivity contribution is -0.0749. The van der Waals surface area contributed by atoms with Crippen LogP contribution < -0.4 is 9.47 Å². The minimum Gasteiger partial charge on any atom is -0.490 e. The van der Waals surface area contributed by atoms with Gasteiger partial charge < -0.3 is 18.8 Å². The van der Waals surface area contributed by atoms with Crippen molar-refractivity contribution in [3.05, 3.63) is 35.9 Å². The standard InChI is InChI=1S/C37H51F2O5P/c1-2-3-4-5-6-7-10-17-45(40,41)18-11-8-9-16-42-31-14-12-29-30-13-15-32(34(39)36(30)44-35(29)33(31)38)43-25-37-22-26-19-27(23-37)21-28(20-26)24-37/h12-15,26-28H,2-11,16-25H2,1H3,(H,40,41). The van der Waals surface area contributed by atoms with Gasteiger partial charge in [-0.15, -0.1) is 0 Å². The third-order valence-electron chi connectivity index (χ3n) is 10.8. The third-order valence-corrected chi connectivity index (χ3v) is 12.9. The number of benzene rings is 2. The molecule has 0 saturated heterocycles. The van der Waals surface area contributed by atoms with Crippen LogP contribution in [0.25, 0.3) is 21.9 Å². The molecule has 3 aromatic rings. The van der Waals surface area contributed by atoms with Gasteiger partial charge in [-0.05, 0) is 106 Å². The van der Waals surface area contributed by atoms with E-state index < -0.39 is 19.0 Å². The van der Waals surface area contributed by atoms with E-state index in [1.54, 1.807) is 24.3 Å². The molecule has 0 spiro atoms. The van der Waals surface area contributed by atoms with Crippen LogP contribution in [-0.2, 0) is 4.57 Å². The molecule has 1 unspecified atom stereocenters. The zero-order valence-electron chi connectivity index (χ0n) is 27.0. The summed E-state index contributed by atoms with van der Waals surface area (Å²) < 4.78 is 61.2. The molecule has 2 aromatic carbocycles. The van der Waals surface area contributed by atoms with Crippen LogP contribution in [0.1, 0.15) is 110 Å². The molecule has 248 valence electrons. The second-order valence-corrected chi connectivity index (χ2v) is 17.2. The van der Waals surface area contributed by atoms with Crippen LogP contribution in [0.2, 0.25) is 0 Å². The van der Waals surface area contributed by atoms with E-state index in [0.717, 1.165) is 43.4 Å². The van der Waals surface area contributed by atoms with Gasteiger partial charge in [-0.25, -0.2) is 0 Å². The second kappa shape index (κ2) is 14.3.